The number of hydrogen-bond donors (Lipinski definition) is 0. The number of nitrogens with zero attached hydrogens (tertiary/aromatic N) is 2. The molecule has 3 heterocycles. The van der Waals surface area contributed by atoms with Gasteiger partial charge in [-0.1, -0.05) is 12.1 Å². The Morgan fingerprint density at radius 2 is 1.83 bits per heavy atom. The molecule has 1 spiro atoms. The highest BCUT2D eigenvalue weighted by Gasteiger charge is 2.50. The molecule has 4 rings (SSSR count). The largest absolute Gasteiger partial charge is 0.492 e. The van der Waals surface area contributed by atoms with E-state index in [1.54, 1.807) is 0 Å². The second-order valence-electron chi connectivity index (χ2n) is 6.84. The van der Waals surface area contributed by atoms with Gasteiger partial charge in [-0.2, -0.15) is 35.1 Å². The molecule has 4 nitrogen and oxygen atoms in total. The summed E-state index contributed by atoms with van der Waals surface area (Å²) in [6, 6.07) is 3.29. The molecule has 12 heteroatoms. The van der Waals surface area contributed by atoms with E-state index in [1.165, 1.54) is 6.07 Å². The molecule has 0 unspecified atom stereocenters. The fourth-order valence-electron chi connectivity index (χ4n) is 3.73. The predicted octanol–water partition coefficient (Wildman–Crippen LogP) is 4.98. The van der Waals surface area contributed by atoms with Crippen LogP contribution < -0.4 is 4.74 Å². The molecule has 0 fully saturated rings. The first-order valence-corrected chi connectivity index (χ1v) is 8.57. The van der Waals surface area contributed by atoms with Gasteiger partial charge in [0.05, 0.1) is 24.3 Å². The van der Waals surface area contributed by atoms with Crippen molar-refractivity contribution in [3.8, 4) is 5.75 Å². The monoisotopic (exact) mass is 440 g/mol. The molecule has 0 saturated heterocycles. The molecule has 162 valence electrons. The lowest BCUT2D eigenvalue weighted by Gasteiger charge is -2.34. The Kier molecular flexibility index (Phi) is 4.51. The highest BCUT2D eigenvalue weighted by molar-refractivity contribution is 6.00. The lowest BCUT2D eigenvalue weighted by Crippen LogP contribution is -2.38. The molecular weight excluding hydrogens is 428 g/mol. The van der Waals surface area contributed by atoms with Crippen molar-refractivity contribution in [2.45, 2.75) is 30.9 Å². The number of rotatable bonds is 2. The van der Waals surface area contributed by atoms with Gasteiger partial charge in [-0.3, -0.25) is 4.99 Å². The number of fused-ring (bicyclic) bond motifs is 3. The number of para-hydroxylation sites is 1. The SMILES string of the molecule is FC(F)OC1=CC(C(F)(F)F)=CN2C[C@@]3(CCOc4c(C(F)(F)F)cccc43)N=C12. The van der Waals surface area contributed by atoms with Crippen LogP contribution in [0.5, 0.6) is 5.75 Å². The first-order valence-electron chi connectivity index (χ1n) is 8.57. The predicted molar refractivity (Wildman–Crippen MR) is 86.7 cm³/mol. The highest BCUT2D eigenvalue weighted by Crippen LogP contribution is 2.49. The molecule has 3 aliphatic rings. The molecule has 1 aromatic rings. The number of halogens is 8. The van der Waals surface area contributed by atoms with Crippen molar-refractivity contribution in [2.24, 2.45) is 4.99 Å². The van der Waals surface area contributed by atoms with Crippen LogP contribution in [0.3, 0.4) is 0 Å². The van der Waals surface area contributed by atoms with E-state index >= 15 is 0 Å². The van der Waals surface area contributed by atoms with Crippen LogP contribution in [0, 0.1) is 0 Å². The topological polar surface area (TPSA) is 34.1 Å². The molecule has 1 atom stereocenters. The van der Waals surface area contributed by atoms with Crippen molar-refractivity contribution in [3.05, 3.63) is 52.9 Å². The summed E-state index contributed by atoms with van der Waals surface area (Å²) in [5.74, 6) is -1.59. The number of allylic oxidation sites excluding steroid dienone is 2. The quantitative estimate of drug-likeness (QED) is 0.609. The summed E-state index contributed by atoms with van der Waals surface area (Å²) in [7, 11) is 0. The zero-order valence-electron chi connectivity index (χ0n) is 14.8. The molecular formula is C18H12F8N2O2. The Bertz CT molecular complexity index is 964. The van der Waals surface area contributed by atoms with E-state index in [9.17, 15) is 35.1 Å². The van der Waals surface area contributed by atoms with Gasteiger partial charge in [-0.05, 0) is 12.1 Å². The van der Waals surface area contributed by atoms with Gasteiger partial charge < -0.3 is 14.4 Å². The summed E-state index contributed by atoms with van der Waals surface area (Å²) >= 11 is 0. The third kappa shape index (κ3) is 3.37. The second-order valence-corrected chi connectivity index (χ2v) is 6.84. The third-order valence-corrected chi connectivity index (χ3v) is 4.95. The average molecular weight is 440 g/mol. The fraction of sp³-hybridized carbons (Fsp3) is 0.389. The number of alkyl halides is 8. The van der Waals surface area contributed by atoms with Gasteiger partial charge in [0, 0.05) is 18.2 Å². The van der Waals surface area contributed by atoms with Crippen LogP contribution in [0.1, 0.15) is 17.5 Å². The minimum absolute atomic E-state index is 0.0174. The zero-order chi connectivity index (χ0) is 21.9. The first-order chi connectivity index (χ1) is 13.9. The van der Waals surface area contributed by atoms with Gasteiger partial charge >= 0.3 is 19.0 Å². The summed E-state index contributed by atoms with van der Waals surface area (Å²) in [4.78, 5) is 5.24. The maximum Gasteiger partial charge on any atom is 0.419 e. The van der Waals surface area contributed by atoms with Crippen LogP contribution in [0.25, 0.3) is 0 Å². The van der Waals surface area contributed by atoms with E-state index in [1.807, 2.05) is 0 Å². The standard InChI is InChI=1S/C18H12F8N2O2/c19-15(20)30-12-6-9(17(21,22)23)7-28-8-16(27-14(12)28)4-5-29-13-10(16)2-1-3-11(13)18(24,25)26/h1-3,6-7,15H,4-5,8H2/t16-/m1/s1. The minimum atomic E-state index is -4.85. The van der Waals surface area contributed by atoms with Crippen LogP contribution >= 0.6 is 0 Å². The fourth-order valence-corrected chi connectivity index (χ4v) is 3.73. The number of benzene rings is 1. The summed E-state index contributed by atoms with van der Waals surface area (Å²) in [6.45, 7) is -3.89. The number of ether oxygens (including phenoxy) is 2. The molecule has 0 saturated carbocycles. The maximum absolute atomic E-state index is 13.4. The van der Waals surface area contributed by atoms with E-state index in [4.69, 9.17) is 4.74 Å². The van der Waals surface area contributed by atoms with Gasteiger partial charge in [0.15, 0.2) is 11.6 Å². The van der Waals surface area contributed by atoms with E-state index in [0.717, 1.165) is 17.0 Å². The molecule has 0 aliphatic carbocycles. The maximum atomic E-state index is 13.4. The third-order valence-electron chi connectivity index (χ3n) is 4.95. The van der Waals surface area contributed by atoms with Crippen molar-refractivity contribution in [3.63, 3.8) is 0 Å². The van der Waals surface area contributed by atoms with Gasteiger partial charge in [-0.15, -0.1) is 0 Å². The molecule has 0 amide bonds. The van der Waals surface area contributed by atoms with Gasteiger partial charge in [0.2, 0.25) is 0 Å². The molecule has 1 aromatic carbocycles. The lowest BCUT2D eigenvalue weighted by molar-refractivity contribution is -0.139. The van der Waals surface area contributed by atoms with E-state index in [0.29, 0.717) is 12.3 Å². The van der Waals surface area contributed by atoms with Crippen LogP contribution in [-0.4, -0.2) is 36.7 Å². The highest BCUT2D eigenvalue weighted by atomic mass is 19.4. The van der Waals surface area contributed by atoms with Crippen molar-refractivity contribution in [1.29, 1.82) is 0 Å². The molecule has 3 aliphatic heterocycles. The van der Waals surface area contributed by atoms with Gasteiger partial charge in [0.25, 0.3) is 0 Å². The summed E-state index contributed by atoms with van der Waals surface area (Å²) in [5.41, 5.74) is -3.68. The van der Waals surface area contributed by atoms with Crippen molar-refractivity contribution in [2.75, 3.05) is 13.2 Å². The van der Waals surface area contributed by atoms with E-state index in [-0.39, 0.29) is 31.0 Å². The van der Waals surface area contributed by atoms with Gasteiger partial charge in [-0.25, -0.2) is 0 Å². The Morgan fingerprint density at radius 3 is 2.47 bits per heavy atom. The van der Waals surface area contributed by atoms with E-state index < -0.39 is 47.1 Å². The number of hydrogen-bond acceptors (Lipinski definition) is 4. The molecule has 30 heavy (non-hydrogen) atoms. The van der Waals surface area contributed by atoms with Crippen LogP contribution in [-0.2, 0) is 16.5 Å². The Hall–Kier alpha value is -2.79. The smallest absolute Gasteiger partial charge is 0.419 e. The Morgan fingerprint density at radius 1 is 1.10 bits per heavy atom. The molecule has 0 radical (unpaired) electrons. The Labute approximate surface area is 164 Å². The minimum Gasteiger partial charge on any atom is -0.492 e. The number of amidine groups is 1. The summed E-state index contributed by atoms with van der Waals surface area (Å²) in [6.07, 6.45) is -8.47. The number of aliphatic imine (C=N–C) groups is 1. The first kappa shape index (κ1) is 20.5. The van der Waals surface area contributed by atoms with Crippen LogP contribution in [0.2, 0.25) is 0 Å². The Balaban J connectivity index is 1.83. The van der Waals surface area contributed by atoms with Crippen LogP contribution in [0.15, 0.2) is 46.8 Å². The summed E-state index contributed by atoms with van der Waals surface area (Å²) < 4.78 is 115. The zero-order valence-corrected chi connectivity index (χ0v) is 14.8. The molecule has 0 aromatic heterocycles. The van der Waals surface area contributed by atoms with Gasteiger partial charge in [0.1, 0.15) is 11.3 Å². The van der Waals surface area contributed by atoms with Crippen molar-refractivity contribution in [1.82, 2.24) is 4.90 Å². The van der Waals surface area contributed by atoms with E-state index in [2.05, 4.69) is 9.73 Å². The summed E-state index contributed by atoms with van der Waals surface area (Å²) in [5, 5.41) is 0. The second kappa shape index (κ2) is 6.61. The van der Waals surface area contributed by atoms with Crippen molar-refractivity contribution < 1.29 is 44.6 Å². The lowest BCUT2D eigenvalue weighted by atomic mass is 9.84. The molecule has 0 N–H and O–H groups in total. The normalized spacial score (nSPS) is 23.5. The van der Waals surface area contributed by atoms with Crippen molar-refractivity contribution >= 4 is 5.84 Å². The molecule has 0 bridgehead atoms. The average Bonchev–Trinajstić information content (AvgIpc) is 2.99. The van der Waals surface area contributed by atoms with Crippen LogP contribution in [0.4, 0.5) is 35.1 Å².